The lowest BCUT2D eigenvalue weighted by atomic mass is 9.99. The second-order valence-corrected chi connectivity index (χ2v) is 6.10. The Kier molecular flexibility index (Phi) is 5.29. The normalized spacial score (nSPS) is 14.8. The molecule has 1 aliphatic heterocycles. The number of hydrogen-bond donors (Lipinski definition) is 0. The fourth-order valence-electron chi connectivity index (χ4n) is 2.93. The first kappa shape index (κ1) is 17.0. The van der Waals surface area contributed by atoms with E-state index in [0.717, 1.165) is 17.5 Å². The van der Waals surface area contributed by atoms with E-state index in [9.17, 15) is 9.59 Å². The molecule has 0 aromatic heterocycles. The van der Waals surface area contributed by atoms with Crippen molar-refractivity contribution in [2.24, 2.45) is 0 Å². The summed E-state index contributed by atoms with van der Waals surface area (Å²) in [5.41, 5.74) is 3.35. The largest absolute Gasteiger partial charge is 0.449 e. The second kappa shape index (κ2) is 7.79. The van der Waals surface area contributed by atoms with Crippen LogP contribution in [0.25, 0.3) is 6.08 Å². The lowest BCUT2D eigenvalue weighted by molar-refractivity contribution is -0.155. The zero-order chi connectivity index (χ0) is 17.6. The minimum Gasteiger partial charge on any atom is -0.449 e. The number of ether oxygens (including phenoxy) is 1. The first-order chi connectivity index (χ1) is 12.1. The molecular weight excluding hydrogens is 314 g/mol. The SMILES string of the molecule is C[C@H](OC(=O)/C=C/c1ccccc1)C(=O)N1CCc2ccccc2C1. The topological polar surface area (TPSA) is 46.6 Å². The summed E-state index contributed by atoms with van der Waals surface area (Å²) in [7, 11) is 0. The summed E-state index contributed by atoms with van der Waals surface area (Å²) in [5, 5.41) is 0. The van der Waals surface area contributed by atoms with Gasteiger partial charge in [-0.3, -0.25) is 4.79 Å². The monoisotopic (exact) mass is 335 g/mol. The van der Waals surface area contributed by atoms with Gasteiger partial charge in [-0.1, -0.05) is 54.6 Å². The molecule has 2 aromatic rings. The molecule has 0 bridgehead atoms. The summed E-state index contributed by atoms with van der Waals surface area (Å²) in [6, 6.07) is 17.6. The van der Waals surface area contributed by atoms with Crippen molar-refractivity contribution in [1.29, 1.82) is 0 Å². The lowest BCUT2D eigenvalue weighted by Gasteiger charge is -2.30. The van der Waals surface area contributed by atoms with Gasteiger partial charge in [0.2, 0.25) is 0 Å². The number of benzene rings is 2. The van der Waals surface area contributed by atoms with Gasteiger partial charge in [0.1, 0.15) is 0 Å². The maximum Gasteiger partial charge on any atom is 0.331 e. The number of rotatable bonds is 4. The number of esters is 1. The van der Waals surface area contributed by atoms with Crippen molar-refractivity contribution >= 4 is 18.0 Å². The standard InChI is InChI=1S/C21H21NO3/c1-16(25-20(23)12-11-17-7-3-2-4-8-17)21(24)22-14-13-18-9-5-6-10-19(18)15-22/h2-12,16H,13-15H2,1H3/b12-11+/t16-/m0/s1. The van der Waals surface area contributed by atoms with Crippen LogP contribution in [0, 0.1) is 0 Å². The van der Waals surface area contributed by atoms with Gasteiger partial charge < -0.3 is 9.64 Å². The Balaban J connectivity index is 1.56. The van der Waals surface area contributed by atoms with Gasteiger partial charge in [0.25, 0.3) is 5.91 Å². The van der Waals surface area contributed by atoms with Gasteiger partial charge in [-0.2, -0.15) is 0 Å². The van der Waals surface area contributed by atoms with E-state index in [1.54, 1.807) is 17.9 Å². The van der Waals surface area contributed by atoms with Crippen molar-refractivity contribution in [2.45, 2.75) is 26.0 Å². The van der Waals surface area contributed by atoms with Crippen LogP contribution in [-0.2, 0) is 27.3 Å². The highest BCUT2D eigenvalue weighted by molar-refractivity contribution is 5.90. The molecule has 0 saturated heterocycles. The van der Waals surface area contributed by atoms with Gasteiger partial charge >= 0.3 is 5.97 Å². The van der Waals surface area contributed by atoms with Gasteiger partial charge in [0.05, 0.1) is 0 Å². The summed E-state index contributed by atoms with van der Waals surface area (Å²) in [5.74, 6) is -0.668. The molecule has 3 rings (SSSR count). The van der Waals surface area contributed by atoms with Crippen molar-refractivity contribution in [1.82, 2.24) is 4.90 Å². The maximum atomic E-state index is 12.5. The minimum atomic E-state index is -0.793. The number of hydrogen-bond acceptors (Lipinski definition) is 3. The average molecular weight is 335 g/mol. The average Bonchev–Trinajstić information content (AvgIpc) is 2.66. The number of amides is 1. The first-order valence-electron chi connectivity index (χ1n) is 8.43. The minimum absolute atomic E-state index is 0.157. The van der Waals surface area contributed by atoms with E-state index in [2.05, 4.69) is 6.07 Å². The van der Waals surface area contributed by atoms with Crippen molar-refractivity contribution in [3.8, 4) is 0 Å². The van der Waals surface area contributed by atoms with Crippen LogP contribution in [-0.4, -0.2) is 29.4 Å². The van der Waals surface area contributed by atoms with Gasteiger partial charge in [0, 0.05) is 19.2 Å². The summed E-state index contributed by atoms with van der Waals surface area (Å²) < 4.78 is 5.26. The molecule has 25 heavy (non-hydrogen) atoms. The molecule has 4 heteroatoms. The fraction of sp³-hybridized carbons (Fsp3) is 0.238. The predicted octanol–water partition coefficient (Wildman–Crippen LogP) is 3.22. The number of carbonyl (C=O) groups is 2. The predicted molar refractivity (Wildman–Crippen MR) is 96.6 cm³/mol. The molecule has 4 nitrogen and oxygen atoms in total. The molecule has 128 valence electrons. The zero-order valence-corrected chi connectivity index (χ0v) is 14.2. The molecular formula is C21H21NO3. The van der Waals surface area contributed by atoms with Crippen LogP contribution in [0.2, 0.25) is 0 Å². The molecule has 0 saturated carbocycles. The summed E-state index contributed by atoms with van der Waals surface area (Å²) in [6.45, 7) is 2.84. The number of carbonyl (C=O) groups excluding carboxylic acids is 2. The zero-order valence-electron chi connectivity index (χ0n) is 14.2. The second-order valence-electron chi connectivity index (χ2n) is 6.10. The number of nitrogens with zero attached hydrogens (tertiary/aromatic N) is 1. The van der Waals surface area contributed by atoms with Crippen LogP contribution in [0.15, 0.2) is 60.7 Å². The molecule has 0 unspecified atom stereocenters. The molecule has 0 radical (unpaired) electrons. The molecule has 0 fully saturated rings. The van der Waals surface area contributed by atoms with Crippen LogP contribution in [0.1, 0.15) is 23.6 Å². The van der Waals surface area contributed by atoms with Gasteiger partial charge in [-0.15, -0.1) is 0 Å². The molecule has 1 amide bonds. The van der Waals surface area contributed by atoms with Crippen LogP contribution < -0.4 is 0 Å². The smallest absolute Gasteiger partial charge is 0.331 e. The highest BCUT2D eigenvalue weighted by Crippen LogP contribution is 2.19. The van der Waals surface area contributed by atoms with Crippen molar-refractivity contribution in [3.63, 3.8) is 0 Å². The van der Waals surface area contributed by atoms with E-state index < -0.39 is 12.1 Å². The first-order valence-corrected chi connectivity index (χ1v) is 8.43. The third-order valence-electron chi connectivity index (χ3n) is 4.29. The molecule has 1 atom stereocenters. The Morgan fingerprint density at radius 2 is 1.72 bits per heavy atom. The molecule has 1 heterocycles. The molecule has 0 N–H and O–H groups in total. The van der Waals surface area contributed by atoms with E-state index in [1.165, 1.54) is 11.6 Å². The third-order valence-corrected chi connectivity index (χ3v) is 4.29. The highest BCUT2D eigenvalue weighted by atomic mass is 16.5. The van der Waals surface area contributed by atoms with Crippen LogP contribution in [0.4, 0.5) is 0 Å². The highest BCUT2D eigenvalue weighted by Gasteiger charge is 2.26. The van der Waals surface area contributed by atoms with E-state index in [4.69, 9.17) is 4.74 Å². The van der Waals surface area contributed by atoms with E-state index in [0.29, 0.717) is 13.1 Å². The Bertz CT molecular complexity index is 783. The van der Waals surface area contributed by atoms with Crippen LogP contribution in [0.5, 0.6) is 0 Å². The molecule has 0 spiro atoms. The Morgan fingerprint density at radius 1 is 1.04 bits per heavy atom. The van der Waals surface area contributed by atoms with Crippen molar-refractivity contribution in [3.05, 3.63) is 77.4 Å². The quantitative estimate of drug-likeness (QED) is 0.637. The van der Waals surface area contributed by atoms with E-state index in [1.807, 2.05) is 48.5 Å². The Labute approximate surface area is 147 Å². The van der Waals surface area contributed by atoms with Crippen LogP contribution in [0.3, 0.4) is 0 Å². The Hall–Kier alpha value is -2.88. The Morgan fingerprint density at radius 3 is 2.48 bits per heavy atom. The van der Waals surface area contributed by atoms with E-state index >= 15 is 0 Å². The lowest BCUT2D eigenvalue weighted by Crippen LogP contribution is -2.42. The maximum absolute atomic E-state index is 12.5. The number of fused-ring (bicyclic) bond motifs is 1. The van der Waals surface area contributed by atoms with Crippen molar-refractivity contribution < 1.29 is 14.3 Å². The van der Waals surface area contributed by atoms with Gasteiger partial charge in [0.15, 0.2) is 6.10 Å². The van der Waals surface area contributed by atoms with Gasteiger partial charge in [-0.05, 0) is 36.1 Å². The molecule has 1 aliphatic rings. The summed E-state index contributed by atoms with van der Waals surface area (Å²) in [6.07, 6.45) is 3.07. The third kappa shape index (κ3) is 4.35. The summed E-state index contributed by atoms with van der Waals surface area (Å²) >= 11 is 0. The summed E-state index contributed by atoms with van der Waals surface area (Å²) in [4.78, 5) is 26.2. The van der Waals surface area contributed by atoms with E-state index in [-0.39, 0.29) is 5.91 Å². The van der Waals surface area contributed by atoms with Crippen molar-refractivity contribution in [2.75, 3.05) is 6.54 Å². The van der Waals surface area contributed by atoms with Gasteiger partial charge in [-0.25, -0.2) is 4.79 Å². The molecule has 0 aliphatic carbocycles. The fourth-order valence-corrected chi connectivity index (χ4v) is 2.93. The molecule has 2 aromatic carbocycles. The van der Waals surface area contributed by atoms with Crippen LogP contribution >= 0.6 is 0 Å².